The molecule has 0 saturated carbocycles. The van der Waals surface area contributed by atoms with E-state index in [0.29, 0.717) is 11.5 Å². The highest BCUT2D eigenvalue weighted by atomic mass is 28.3. The van der Waals surface area contributed by atoms with E-state index in [2.05, 4.69) is 148 Å². The molecular weight excluding hydrogens is 450 g/mol. The van der Waals surface area contributed by atoms with Crippen LogP contribution in [0.15, 0.2) is 120 Å². The summed E-state index contributed by atoms with van der Waals surface area (Å²) < 4.78 is 2.74. The second-order valence-electron chi connectivity index (χ2n) is 10.9. The summed E-state index contributed by atoms with van der Waals surface area (Å²) in [5, 5.41) is 0. The number of hydrogen-bond acceptors (Lipinski definition) is 1. The number of allylic oxidation sites excluding steroid dienone is 2. The maximum absolute atomic E-state index is 2.74. The maximum atomic E-state index is 2.74. The highest BCUT2D eigenvalue weighted by molar-refractivity contribution is 6.83. The van der Waals surface area contributed by atoms with Gasteiger partial charge in [-0.15, -0.1) is 0 Å². The topological polar surface area (TPSA) is 3.24 Å². The van der Waals surface area contributed by atoms with E-state index in [4.69, 9.17) is 0 Å². The number of benzene rings is 4. The van der Waals surface area contributed by atoms with E-state index in [1.807, 2.05) is 0 Å². The van der Waals surface area contributed by atoms with Gasteiger partial charge in [0.15, 0.2) is 8.24 Å². The molecule has 36 heavy (non-hydrogen) atoms. The first kappa shape index (κ1) is 24.3. The highest BCUT2D eigenvalue weighted by Crippen LogP contribution is 2.49. The Labute approximate surface area is 218 Å². The van der Waals surface area contributed by atoms with Crippen molar-refractivity contribution in [3.05, 3.63) is 126 Å². The smallest absolute Gasteiger partial charge is 0.160 e. The van der Waals surface area contributed by atoms with Crippen molar-refractivity contribution in [3.63, 3.8) is 0 Å². The number of nitrogens with zero attached hydrogens (tertiary/aromatic N) is 1. The average molecular weight is 488 g/mol. The van der Waals surface area contributed by atoms with Gasteiger partial charge in [-0.3, -0.25) is 0 Å². The summed E-state index contributed by atoms with van der Waals surface area (Å²) in [6.07, 6.45) is 1.18. The lowest BCUT2D eigenvalue weighted by atomic mass is 9.90. The van der Waals surface area contributed by atoms with Crippen LogP contribution in [0, 0.1) is 0 Å². The van der Waals surface area contributed by atoms with Crippen LogP contribution in [0.25, 0.3) is 22.3 Å². The van der Waals surface area contributed by atoms with E-state index in [9.17, 15) is 0 Å². The molecule has 2 atom stereocenters. The van der Waals surface area contributed by atoms with Gasteiger partial charge in [0.25, 0.3) is 0 Å². The van der Waals surface area contributed by atoms with Gasteiger partial charge in [0, 0.05) is 11.4 Å². The van der Waals surface area contributed by atoms with Crippen molar-refractivity contribution in [1.82, 2.24) is 0 Å². The molecule has 0 amide bonds. The van der Waals surface area contributed by atoms with E-state index in [1.54, 1.807) is 0 Å². The summed E-state index contributed by atoms with van der Waals surface area (Å²) in [6, 6.07) is 39.9. The Hall–Kier alpha value is -3.36. The van der Waals surface area contributed by atoms with Crippen LogP contribution >= 0.6 is 0 Å². The van der Waals surface area contributed by atoms with Crippen LogP contribution in [-0.4, -0.2) is 8.24 Å². The van der Waals surface area contributed by atoms with Crippen molar-refractivity contribution >= 4 is 13.9 Å². The van der Waals surface area contributed by atoms with Crippen LogP contribution in [0.3, 0.4) is 0 Å². The van der Waals surface area contributed by atoms with Crippen molar-refractivity contribution in [1.29, 1.82) is 0 Å². The Balaban J connectivity index is 1.52. The summed E-state index contributed by atoms with van der Waals surface area (Å²) in [7, 11) is -1.89. The summed E-state index contributed by atoms with van der Waals surface area (Å²) >= 11 is 0. The Morgan fingerprint density at radius 2 is 1.19 bits per heavy atom. The molecule has 1 aliphatic heterocycles. The molecule has 1 nitrogen and oxygen atoms in total. The molecule has 2 unspecified atom stereocenters. The largest absolute Gasteiger partial charge is 0.372 e. The first-order valence-electron chi connectivity index (χ1n) is 13.1. The van der Waals surface area contributed by atoms with Crippen LogP contribution in [0.5, 0.6) is 0 Å². The molecular formula is C34H37NSi. The van der Waals surface area contributed by atoms with Crippen molar-refractivity contribution in [2.75, 3.05) is 4.57 Å². The molecule has 0 aromatic heterocycles. The molecule has 0 N–H and O–H groups in total. The van der Waals surface area contributed by atoms with Gasteiger partial charge in [-0.1, -0.05) is 123 Å². The molecule has 0 aliphatic carbocycles. The minimum Gasteiger partial charge on any atom is -0.372 e. The van der Waals surface area contributed by atoms with Gasteiger partial charge in [-0.05, 0) is 71.7 Å². The lowest BCUT2D eigenvalue weighted by Crippen LogP contribution is -2.55. The Bertz CT molecular complexity index is 1370. The molecule has 1 heterocycles. The van der Waals surface area contributed by atoms with Gasteiger partial charge < -0.3 is 4.57 Å². The van der Waals surface area contributed by atoms with Crippen LogP contribution in [0.1, 0.15) is 38.7 Å². The molecule has 4 aromatic rings. The zero-order valence-corrected chi connectivity index (χ0v) is 23.2. The third kappa shape index (κ3) is 4.58. The zero-order chi connectivity index (χ0) is 25.3. The summed E-state index contributed by atoms with van der Waals surface area (Å²) in [4.78, 5) is 0. The fourth-order valence-corrected chi connectivity index (χ4v) is 10.6. The lowest BCUT2D eigenvalue weighted by molar-refractivity contribution is 0.630. The molecule has 4 aromatic carbocycles. The van der Waals surface area contributed by atoms with Gasteiger partial charge in [0.05, 0.1) is 0 Å². The van der Waals surface area contributed by atoms with Gasteiger partial charge in [-0.25, -0.2) is 0 Å². The fraction of sp³-hybridized carbons (Fsp3) is 0.235. The third-order valence-corrected chi connectivity index (χ3v) is 12.6. The standard InChI is InChI=1S/C34H37NSi/c1-25-22-34(26(2)30-18-12-19-31(23-30)28-14-8-6-9-15-28)36(4,5)35(27(25)3)33-21-13-20-32(24-33)29-16-10-7-11-17-29/h6-21,23-24,26,34H,22H2,1-5H3. The minimum atomic E-state index is -1.89. The van der Waals surface area contributed by atoms with E-state index >= 15 is 0 Å². The number of rotatable bonds is 5. The molecule has 0 radical (unpaired) electrons. The second kappa shape index (κ2) is 9.95. The van der Waals surface area contributed by atoms with Crippen molar-refractivity contribution in [2.45, 2.75) is 51.7 Å². The van der Waals surface area contributed by atoms with Crippen LogP contribution in [0.4, 0.5) is 5.69 Å². The average Bonchev–Trinajstić information content (AvgIpc) is 2.91. The predicted octanol–water partition coefficient (Wildman–Crippen LogP) is 9.90. The van der Waals surface area contributed by atoms with Gasteiger partial charge in [0.1, 0.15) is 0 Å². The van der Waals surface area contributed by atoms with E-state index in [0.717, 1.165) is 0 Å². The summed E-state index contributed by atoms with van der Waals surface area (Å²) in [5.41, 5.74) is 11.5. The molecule has 5 rings (SSSR count). The number of anilines is 1. The quantitative estimate of drug-likeness (QED) is 0.253. The van der Waals surface area contributed by atoms with Gasteiger partial charge in [0.2, 0.25) is 0 Å². The molecule has 0 fully saturated rings. The molecule has 0 saturated heterocycles. The molecule has 1 aliphatic rings. The predicted molar refractivity (Wildman–Crippen MR) is 159 cm³/mol. The SMILES string of the molecule is CC1=C(C)N(c2cccc(-c3ccccc3)c2)[Si](C)(C)C(C(C)c2cccc(-c3ccccc3)c2)C1. The van der Waals surface area contributed by atoms with Crippen LogP contribution < -0.4 is 4.57 Å². The zero-order valence-electron chi connectivity index (χ0n) is 22.2. The van der Waals surface area contributed by atoms with E-state index in [1.165, 1.54) is 51.2 Å². The third-order valence-electron chi connectivity index (χ3n) is 8.30. The Morgan fingerprint density at radius 3 is 1.81 bits per heavy atom. The number of hydrogen-bond donors (Lipinski definition) is 0. The second-order valence-corrected chi connectivity index (χ2v) is 15.4. The Morgan fingerprint density at radius 1 is 0.667 bits per heavy atom. The molecule has 0 spiro atoms. The highest BCUT2D eigenvalue weighted by Gasteiger charge is 2.45. The van der Waals surface area contributed by atoms with Crippen LogP contribution in [-0.2, 0) is 0 Å². The first-order chi connectivity index (χ1) is 17.4. The molecule has 182 valence electrons. The van der Waals surface area contributed by atoms with Crippen molar-refractivity contribution in [3.8, 4) is 22.3 Å². The lowest BCUT2D eigenvalue weighted by Gasteiger charge is -2.51. The van der Waals surface area contributed by atoms with Crippen molar-refractivity contribution < 1.29 is 0 Å². The van der Waals surface area contributed by atoms with Gasteiger partial charge in [-0.2, -0.15) is 0 Å². The normalized spacial score (nSPS) is 18.2. The monoisotopic (exact) mass is 487 g/mol. The minimum absolute atomic E-state index is 0.484. The summed E-state index contributed by atoms with van der Waals surface area (Å²) in [5.74, 6) is 0.484. The van der Waals surface area contributed by atoms with Crippen molar-refractivity contribution in [2.24, 2.45) is 0 Å². The van der Waals surface area contributed by atoms with E-state index in [-0.39, 0.29) is 0 Å². The van der Waals surface area contributed by atoms with E-state index < -0.39 is 8.24 Å². The first-order valence-corrected chi connectivity index (χ1v) is 16.2. The maximum Gasteiger partial charge on any atom is 0.160 e. The van der Waals surface area contributed by atoms with Gasteiger partial charge >= 0.3 is 0 Å². The molecule has 0 bridgehead atoms. The summed E-state index contributed by atoms with van der Waals surface area (Å²) in [6.45, 7) is 12.3. The fourth-order valence-electron chi connectivity index (χ4n) is 6.15. The Kier molecular flexibility index (Phi) is 6.72. The van der Waals surface area contributed by atoms with Crippen LogP contribution in [0.2, 0.25) is 18.6 Å². The molecule has 2 heteroatoms.